The lowest BCUT2D eigenvalue weighted by molar-refractivity contribution is -0.385. The summed E-state index contributed by atoms with van der Waals surface area (Å²) < 4.78 is 11.0. The molecule has 1 aliphatic rings. The van der Waals surface area contributed by atoms with Gasteiger partial charge in [0, 0.05) is 17.2 Å². The van der Waals surface area contributed by atoms with E-state index in [9.17, 15) is 14.9 Å². The number of aliphatic imine (C=N–C) groups is 1. The average Bonchev–Trinajstić information content (AvgIpc) is 3.14. The van der Waals surface area contributed by atoms with E-state index in [0.717, 1.165) is 11.1 Å². The molecule has 0 radical (unpaired) electrons. The minimum atomic E-state index is -0.609. The van der Waals surface area contributed by atoms with Gasteiger partial charge in [0.25, 0.3) is 5.69 Å². The molecule has 0 aromatic heterocycles. The monoisotopic (exact) mass is 414 g/mol. The summed E-state index contributed by atoms with van der Waals surface area (Å²) in [5.41, 5.74) is 2.78. The van der Waals surface area contributed by atoms with Crippen molar-refractivity contribution < 1.29 is 19.2 Å². The summed E-state index contributed by atoms with van der Waals surface area (Å²) >= 11 is 0. The van der Waals surface area contributed by atoms with Crippen molar-refractivity contribution in [3.8, 4) is 5.75 Å². The summed E-state index contributed by atoms with van der Waals surface area (Å²) in [6.45, 7) is 2.10. The summed E-state index contributed by atoms with van der Waals surface area (Å²) in [7, 11) is 0. The van der Waals surface area contributed by atoms with E-state index in [1.807, 2.05) is 54.6 Å². The number of cyclic esters (lactones) is 1. The van der Waals surface area contributed by atoms with Gasteiger partial charge in [-0.2, -0.15) is 0 Å². The number of ether oxygens (including phenoxy) is 2. The maximum absolute atomic E-state index is 12.2. The van der Waals surface area contributed by atoms with Crippen LogP contribution in [-0.2, 0) is 16.1 Å². The number of nitro benzene ring substituents is 1. The number of benzene rings is 3. The van der Waals surface area contributed by atoms with E-state index in [1.165, 1.54) is 6.07 Å². The molecule has 0 atom stereocenters. The van der Waals surface area contributed by atoms with Gasteiger partial charge in [-0.25, -0.2) is 9.79 Å². The highest BCUT2D eigenvalue weighted by Crippen LogP contribution is 2.24. The molecule has 4 rings (SSSR count). The van der Waals surface area contributed by atoms with Crippen LogP contribution in [0.4, 0.5) is 5.69 Å². The Balaban J connectivity index is 1.49. The van der Waals surface area contributed by atoms with Gasteiger partial charge < -0.3 is 9.47 Å². The third-order valence-corrected chi connectivity index (χ3v) is 4.71. The van der Waals surface area contributed by atoms with Gasteiger partial charge in [0.15, 0.2) is 5.70 Å². The second-order valence-electron chi connectivity index (χ2n) is 6.94. The lowest BCUT2D eigenvalue weighted by atomic mass is 10.1. The number of hydrogen-bond acceptors (Lipinski definition) is 6. The molecule has 7 nitrogen and oxygen atoms in total. The molecule has 0 unspecified atom stereocenters. The largest absolute Gasteiger partial charge is 0.489 e. The Morgan fingerprint density at radius 2 is 1.81 bits per heavy atom. The smallest absolute Gasteiger partial charge is 0.363 e. The van der Waals surface area contributed by atoms with E-state index in [0.29, 0.717) is 23.5 Å². The molecule has 0 saturated carbocycles. The van der Waals surface area contributed by atoms with E-state index in [-0.39, 0.29) is 17.3 Å². The first-order chi connectivity index (χ1) is 15.0. The Morgan fingerprint density at radius 3 is 2.52 bits per heavy atom. The molecular formula is C24H18N2O5. The van der Waals surface area contributed by atoms with Crippen molar-refractivity contribution in [1.29, 1.82) is 0 Å². The topological polar surface area (TPSA) is 91.0 Å². The number of carbonyl (C=O) groups excluding carboxylic acids is 1. The number of aryl methyl sites for hydroxylation is 1. The zero-order valence-corrected chi connectivity index (χ0v) is 16.6. The van der Waals surface area contributed by atoms with Crippen LogP contribution in [0, 0.1) is 17.0 Å². The van der Waals surface area contributed by atoms with E-state index in [2.05, 4.69) is 4.99 Å². The molecule has 0 fully saturated rings. The van der Waals surface area contributed by atoms with Crippen LogP contribution in [0.25, 0.3) is 6.08 Å². The SMILES string of the molecule is Cc1ccc(C2=N/C(=C/c3ccc(OCc4ccccc4)cc3)C(=O)O2)cc1[N+](=O)[O-]. The van der Waals surface area contributed by atoms with Gasteiger partial charge in [-0.3, -0.25) is 10.1 Å². The minimum Gasteiger partial charge on any atom is -0.489 e. The highest BCUT2D eigenvalue weighted by Gasteiger charge is 2.25. The lowest BCUT2D eigenvalue weighted by Gasteiger charge is -2.06. The first-order valence-electron chi connectivity index (χ1n) is 9.54. The molecule has 3 aromatic carbocycles. The zero-order valence-electron chi connectivity index (χ0n) is 16.6. The normalized spacial score (nSPS) is 14.3. The molecule has 1 aliphatic heterocycles. The molecule has 0 aliphatic carbocycles. The fourth-order valence-corrected chi connectivity index (χ4v) is 3.03. The van der Waals surface area contributed by atoms with Crippen molar-refractivity contribution in [3.05, 3.63) is 111 Å². The summed E-state index contributed by atoms with van der Waals surface area (Å²) in [6.07, 6.45) is 1.60. The van der Waals surface area contributed by atoms with Crippen molar-refractivity contribution >= 4 is 23.6 Å². The summed E-state index contributed by atoms with van der Waals surface area (Å²) in [5.74, 6) is 0.140. The summed E-state index contributed by atoms with van der Waals surface area (Å²) in [5, 5.41) is 11.1. The van der Waals surface area contributed by atoms with Crippen LogP contribution in [0.2, 0.25) is 0 Å². The Labute approximate surface area is 178 Å². The Hall–Kier alpha value is -4.26. The van der Waals surface area contributed by atoms with Crippen LogP contribution in [0.3, 0.4) is 0 Å². The number of hydrogen-bond donors (Lipinski definition) is 0. The highest BCUT2D eigenvalue weighted by molar-refractivity contribution is 6.13. The molecule has 0 saturated heterocycles. The summed E-state index contributed by atoms with van der Waals surface area (Å²) in [6, 6.07) is 21.7. The molecule has 0 amide bonds. The van der Waals surface area contributed by atoms with Gasteiger partial charge in [-0.15, -0.1) is 0 Å². The molecule has 3 aromatic rings. The van der Waals surface area contributed by atoms with Gasteiger partial charge in [0.05, 0.1) is 4.92 Å². The predicted molar refractivity (Wildman–Crippen MR) is 116 cm³/mol. The van der Waals surface area contributed by atoms with E-state index in [1.54, 1.807) is 25.1 Å². The number of nitrogens with zero attached hydrogens (tertiary/aromatic N) is 2. The molecule has 31 heavy (non-hydrogen) atoms. The second-order valence-corrected chi connectivity index (χ2v) is 6.94. The van der Waals surface area contributed by atoms with Crippen LogP contribution in [0.15, 0.2) is 83.5 Å². The standard InChI is InChI=1S/C24H18N2O5/c1-16-7-10-19(14-22(16)26(28)29)23-25-21(24(27)31-23)13-17-8-11-20(12-9-17)30-15-18-5-3-2-4-6-18/h2-14H,15H2,1H3/b21-13+. The van der Waals surface area contributed by atoms with Gasteiger partial charge >= 0.3 is 5.97 Å². The maximum Gasteiger partial charge on any atom is 0.363 e. The molecular weight excluding hydrogens is 396 g/mol. The van der Waals surface area contributed by atoms with Crippen molar-refractivity contribution in [1.82, 2.24) is 0 Å². The van der Waals surface area contributed by atoms with Gasteiger partial charge in [-0.1, -0.05) is 48.5 Å². The van der Waals surface area contributed by atoms with E-state index in [4.69, 9.17) is 9.47 Å². The number of rotatable bonds is 6. The first kappa shape index (κ1) is 20.0. The van der Waals surface area contributed by atoms with Gasteiger partial charge in [0.1, 0.15) is 12.4 Å². The zero-order chi connectivity index (χ0) is 21.8. The molecule has 154 valence electrons. The van der Waals surface area contributed by atoms with Crippen LogP contribution < -0.4 is 4.74 Å². The minimum absolute atomic E-state index is 0.0437. The summed E-state index contributed by atoms with van der Waals surface area (Å²) in [4.78, 5) is 27.1. The molecule has 1 heterocycles. The fraction of sp³-hybridized carbons (Fsp3) is 0.0833. The van der Waals surface area contributed by atoms with E-state index < -0.39 is 10.9 Å². The second kappa shape index (κ2) is 8.62. The van der Waals surface area contributed by atoms with Crippen molar-refractivity contribution in [2.24, 2.45) is 4.99 Å². The molecule has 0 spiro atoms. The third kappa shape index (κ3) is 4.67. The number of esters is 1. The predicted octanol–water partition coefficient (Wildman–Crippen LogP) is 4.83. The number of nitro groups is 1. The Morgan fingerprint density at radius 1 is 1.06 bits per heavy atom. The lowest BCUT2D eigenvalue weighted by Crippen LogP contribution is -2.06. The molecule has 7 heteroatoms. The third-order valence-electron chi connectivity index (χ3n) is 4.71. The van der Waals surface area contributed by atoms with Gasteiger partial charge in [-0.05, 0) is 42.3 Å². The van der Waals surface area contributed by atoms with Crippen LogP contribution in [0.1, 0.15) is 22.3 Å². The average molecular weight is 414 g/mol. The fourth-order valence-electron chi connectivity index (χ4n) is 3.03. The molecule has 0 bridgehead atoms. The Kier molecular flexibility index (Phi) is 5.57. The number of carbonyl (C=O) groups is 1. The maximum atomic E-state index is 12.2. The molecule has 0 N–H and O–H groups in total. The highest BCUT2D eigenvalue weighted by atomic mass is 16.6. The van der Waals surface area contributed by atoms with Crippen molar-refractivity contribution in [3.63, 3.8) is 0 Å². The first-order valence-corrected chi connectivity index (χ1v) is 9.54. The van der Waals surface area contributed by atoms with E-state index >= 15 is 0 Å². The quantitative estimate of drug-likeness (QED) is 0.249. The van der Waals surface area contributed by atoms with Crippen LogP contribution >= 0.6 is 0 Å². The van der Waals surface area contributed by atoms with Crippen LogP contribution in [0.5, 0.6) is 5.75 Å². The Bertz CT molecular complexity index is 1200. The van der Waals surface area contributed by atoms with Crippen LogP contribution in [-0.4, -0.2) is 16.8 Å². The van der Waals surface area contributed by atoms with Gasteiger partial charge in [0.2, 0.25) is 5.90 Å². The van der Waals surface area contributed by atoms with Crippen molar-refractivity contribution in [2.45, 2.75) is 13.5 Å². The van der Waals surface area contributed by atoms with Crippen molar-refractivity contribution in [2.75, 3.05) is 0 Å².